The average molecular weight is 513 g/mol. The summed E-state index contributed by atoms with van der Waals surface area (Å²) in [5.41, 5.74) is 3.33. The molecule has 5 rings (SSSR count). The number of rotatable bonds is 8. The van der Waals surface area contributed by atoms with E-state index >= 15 is 0 Å². The van der Waals surface area contributed by atoms with Crippen molar-refractivity contribution in [2.75, 3.05) is 13.7 Å². The third-order valence-electron chi connectivity index (χ3n) is 7.46. The quantitative estimate of drug-likeness (QED) is 0.363. The predicted molar refractivity (Wildman–Crippen MR) is 135 cm³/mol. The van der Waals surface area contributed by atoms with Crippen molar-refractivity contribution in [1.29, 1.82) is 0 Å². The highest BCUT2D eigenvalue weighted by Gasteiger charge is 2.34. The zero-order chi connectivity index (χ0) is 26.1. The number of allylic oxidation sites excluding steroid dienone is 1. The van der Waals surface area contributed by atoms with Gasteiger partial charge >= 0.3 is 6.09 Å². The smallest absolute Gasteiger partial charge is 0.404 e. The van der Waals surface area contributed by atoms with Crippen LogP contribution >= 0.6 is 0 Å². The number of nitrogens with one attached hydrogen (secondary N) is 4. The maximum atomic E-state index is 14.8. The molecule has 3 aliphatic rings. The summed E-state index contributed by atoms with van der Waals surface area (Å²) in [6, 6.07) is 4.40. The minimum atomic E-state index is -1.02. The summed E-state index contributed by atoms with van der Waals surface area (Å²) in [6.07, 6.45) is 5.77. The van der Waals surface area contributed by atoms with Gasteiger partial charge in [0.15, 0.2) is 11.6 Å². The van der Waals surface area contributed by atoms with Crippen molar-refractivity contribution in [3.8, 4) is 11.5 Å². The van der Waals surface area contributed by atoms with Crippen molar-refractivity contribution >= 4 is 17.6 Å². The summed E-state index contributed by atoms with van der Waals surface area (Å²) in [5, 5.41) is 18.0. The lowest BCUT2D eigenvalue weighted by Gasteiger charge is -2.32. The minimum absolute atomic E-state index is 0.0334. The van der Waals surface area contributed by atoms with Crippen LogP contribution in [0.3, 0.4) is 0 Å². The Morgan fingerprint density at radius 2 is 1.76 bits per heavy atom. The highest BCUT2D eigenvalue weighted by molar-refractivity contribution is 6.20. The van der Waals surface area contributed by atoms with Gasteiger partial charge in [-0.25, -0.2) is 9.18 Å². The number of H-pyrrole nitrogens is 1. The highest BCUT2D eigenvalue weighted by Crippen LogP contribution is 2.41. The van der Waals surface area contributed by atoms with E-state index in [2.05, 4.69) is 20.9 Å². The maximum absolute atomic E-state index is 14.8. The molecule has 37 heavy (non-hydrogen) atoms. The first kappa shape index (κ1) is 25.0. The summed E-state index contributed by atoms with van der Waals surface area (Å²) in [4.78, 5) is 27.5. The number of carbonyl (C=O) groups is 2. The average Bonchev–Trinajstić information content (AvgIpc) is 3.57. The van der Waals surface area contributed by atoms with Gasteiger partial charge < -0.3 is 35.5 Å². The monoisotopic (exact) mass is 512 g/mol. The van der Waals surface area contributed by atoms with Crippen LogP contribution in [0.4, 0.5) is 9.18 Å². The normalized spacial score (nSPS) is 23.1. The second-order valence-corrected chi connectivity index (χ2v) is 10.1. The molecule has 1 unspecified atom stereocenters. The topological polar surface area (TPSA) is 125 Å². The number of fused-ring (bicyclic) bond motifs is 1. The van der Waals surface area contributed by atoms with Crippen LogP contribution in [0, 0.1) is 11.7 Å². The van der Waals surface area contributed by atoms with Gasteiger partial charge in [0, 0.05) is 41.2 Å². The summed E-state index contributed by atoms with van der Waals surface area (Å²) >= 11 is 0. The molecule has 2 saturated carbocycles. The Bertz CT molecular complexity index is 1210. The Kier molecular flexibility index (Phi) is 6.99. The number of aromatic amines is 1. The van der Waals surface area contributed by atoms with Crippen LogP contribution in [0.1, 0.15) is 68.3 Å². The van der Waals surface area contributed by atoms with E-state index in [4.69, 9.17) is 14.6 Å². The first-order valence-electron chi connectivity index (χ1n) is 12.8. The number of halogens is 1. The van der Waals surface area contributed by atoms with E-state index < -0.39 is 18.0 Å². The largest absolute Gasteiger partial charge is 0.494 e. The first-order chi connectivity index (χ1) is 17.8. The van der Waals surface area contributed by atoms with Crippen LogP contribution in [0.5, 0.6) is 11.5 Å². The number of methoxy groups -OCH3 is 1. The third kappa shape index (κ3) is 5.38. The van der Waals surface area contributed by atoms with Gasteiger partial charge in [0.2, 0.25) is 0 Å². The molecule has 0 bridgehead atoms. The van der Waals surface area contributed by atoms with E-state index in [9.17, 15) is 14.0 Å². The van der Waals surface area contributed by atoms with E-state index in [1.54, 1.807) is 12.3 Å². The fourth-order valence-electron chi connectivity index (χ4n) is 5.29. The number of carbonyl (C=O) groups excluding carboxylic acids is 1. The molecule has 1 atom stereocenters. The van der Waals surface area contributed by atoms with Crippen LogP contribution in [-0.4, -0.2) is 47.9 Å². The number of hydrogen-bond acceptors (Lipinski definition) is 5. The van der Waals surface area contributed by atoms with Gasteiger partial charge in [0.1, 0.15) is 5.75 Å². The molecule has 2 fully saturated rings. The van der Waals surface area contributed by atoms with Gasteiger partial charge in [-0.05, 0) is 63.5 Å². The Morgan fingerprint density at radius 1 is 1.05 bits per heavy atom. The Balaban J connectivity index is 1.36. The van der Waals surface area contributed by atoms with E-state index in [0.717, 1.165) is 18.4 Å². The standard InChI is InChI=1S/C27H33FN4O5/c1-14-23(26(33)31-16-5-7-17(8-6-16)32-27(34)35)25-18(9-10-29-25)24(30-14)19-11-20(28)22(36-2)12-21(19)37-13-15-3-4-15/h9-12,15-17,24,29-30,32H,3-8,13H2,1-2H3,(H,31,33)(H,34,35). The van der Waals surface area contributed by atoms with Gasteiger partial charge in [-0.1, -0.05) is 0 Å². The number of benzene rings is 1. The van der Waals surface area contributed by atoms with Crippen LogP contribution in [0.15, 0.2) is 30.1 Å². The molecule has 2 amide bonds. The molecule has 2 aromatic rings. The Labute approximate surface area is 214 Å². The molecule has 10 heteroatoms. The second kappa shape index (κ2) is 10.4. The zero-order valence-corrected chi connectivity index (χ0v) is 21.0. The Morgan fingerprint density at radius 3 is 2.41 bits per heavy atom. The molecule has 1 aromatic carbocycles. The van der Waals surface area contributed by atoms with Crippen molar-refractivity contribution in [1.82, 2.24) is 20.9 Å². The molecular weight excluding hydrogens is 479 g/mol. The van der Waals surface area contributed by atoms with Crippen molar-refractivity contribution in [2.24, 2.45) is 5.92 Å². The molecule has 9 nitrogen and oxygen atoms in total. The fourth-order valence-corrected chi connectivity index (χ4v) is 5.29. The molecule has 1 aliphatic heterocycles. The third-order valence-corrected chi connectivity index (χ3v) is 7.46. The van der Waals surface area contributed by atoms with Crippen molar-refractivity contribution in [2.45, 2.75) is 63.6 Å². The van der Waals surface area contributed by atoms with Crippen molar-refractivity contribution in [3.05, 3.63) is 52.7 Å². The number of hydrogen-bond donors (Lipinski definition) is 5. The molecule has 0 spiro atoms. The van der Waals surface area contributed by atoms with Crippen LogP contribution in [-0.2, 0) is 4.79 Å². The van der Waals surface area contributed by atoms with Gasteiger partial charge in [-0.15, -0.1) is 0 Å². The first-order valence-corrected chi connectivity index (χ1v) is 12.8. The SMILES string of the molecule is COc1cc(OCC2CC2)c(C2NC(C)=C(C(=O)NC3CCC(NC(=O)O)CC3)c3[nH]ccc32)cc1F. The summed E-state index contributed by atoms with van der Waals surface area (Å²) < 4.78 is 26.1. The molecular formula is C27H33FN4O5. The zero-order valence-electron chi connectivity index (χ0n) is 21.0. The molecule has 5 N–H and O–H groups in total. The summed E-state index contributed by atoms with van der Waals surface area (Å²) in [7, 11) is 1.43. The maximum Gasteiger partial charge on any atom is 0.404 e. The van der Waals surface area contributed by atoms with Gasteiger partial charge in [0.05, 0.1) is 31.0 Å². The van der Waals surface area contributed by atoms with Crippen molar-refractivity contribution in [3.63, 3.8) is 0 Å². The second-order valence-electron chi connectivity index (χ2n) is 10.1. The number of ether oxygens (including phenoxy) is 2. The van der Waals surface area contributed by atoms with E-state index in [1.165, 1.54) is 13.2 Å². The molecule has 2 aliphatic carbocycles. The number of carboxylic acid groups (broad SMARTS) is 1. The van der Waals surface area contributed by atoms with Crippen LogP contribution in [0.2, 0.25) is 0 Å². The highest BCUT2D eigenvalue weighted by atomic mass is 19.1. The lowest BCUT2D eigenvalue weighted by atomic mass is 9.89. The van der Waals surface area contributed by atoms with E-state index in [0.29, 0.717) is 66.5 Å². The van der Waals surface area contributed by atoms with Crippen LogP contribution < -0.4 is 25.4 Å². The summed E-state index contributed by atoms with van der Waals surface area (Å²) in [6.45, 7) is 2.41. The lowest BCUT2D eigenvalue weighted by Crippen LogP contribution is -2.44. The van der Waals surface area contributed by atoms with E-state index in [-0.39, 0.29) is 23.7 Å². The van der Waals surface area contributed by atoms with Gasteiger partial charge in [0.25, 0.3) is 5.91 Å². The number of aromatic nitrogens is 1. The summed E-state index contributed by atoms with van der Waals surface area (Å²) in [5.74, 6) is 0.529. The molecule has 0 saturated heterocycles. The predicted octanol–water partition coefficient (Wildman–Crippen LogP) is 4.07. The number of amides is 2. The van der Waals surface area contributed by atoms with Gasteiger partial charge in [-0.2, -0.15) is 0 Å². The molecule has 198 valence electrons. The van der Waals surface area contributed by atoms with Gasteiger partial charge in [-0.3, -0.25) is 4.79 Å². The lowest BCUT2D eigenvalue weighted by molar-refractivity contribution is -0.116. The minimum Gasteiger partial charge on any atom is -0.494 e. The van der Waals surface area contributed by atoms with Crippen molar-refractivity contribution < 1.29 is 28.6 Å². The van der Waals surface area contributed by atoms with Crippen LogP contribution in [0.25, 0.3) is 5.57 Å². The van der Waals surface area contributed by atoms with E-state index in [1.807, 2.05) is 13.0 Å². The Hall–Kier alpha value is -3.69. The molecule has 2 heterocycles. The molecule has 1 aromatic heterocycles. The molecule has 0 radical (unpaired) electrons. The fraction of sp³-hybridized carbons (Fsp3) is 0.481.